The summed E-state index contributed by atoms with van der Waals surface area (Å²) >= 11 is 3.37. The zero-order valence-corrected chi connectivity index (χ0v) is 14.0. The monoisotopic (exact) mass is 412 g/mol. The molecule has 0 aromatic carbocycles. The second-order valence-corrected chi connectivity index (χ2v) is 8.72. The lowest BCUT2D eigenvalue weighted by Gasteiger charge is -2.09. The molecule has 0 bridgehead atoms. The van der Waals surface area contributed by atoms with Crippen molar-refractivity contribution in [2.45, 2.75) is 33.4 Å². The molecule has 4 atom stereocenters. The topological polar surface area (TPSA) is 76.4 Å². The number of alkyl halides is 1. The van der Waals surface area contributed by atoms with Gasteiger partial charge in [-0.25, -0.2) is 0 Å². The first-order valence-electron chi connectivity index (χ1n) is 5.47. The van der Waals surface area contributed by atoms with Crippen molar-refractivity contribution in [3.63, 3.8) is 0 Å². The number of terminal acetylenes is 1. The number of nitrogens with zero attached hydrogens (tertiary/aromatic N) is 1. The fourth-order valence-corrected chi connectivity index (χ4v) is 6.74. The maximum atomic E-state index is 12.0. The number of thioether (sulfide) groups is 1. The number of ether oxygens (including phenoxy) is 1. The maximum Gasteiger partial charge on any atom is 0.541 e. The predicted octanol–water partition coefficient (Wildman–Crippen LogP) is 2.82. The summed E-state index contributed by atoms with van der Waals surface area (Å²) < 4.78 is 20.5. The van der Waals surface area contributed by atoms with Gasteiger partial charge in [0.15, 0.2) is 0 Å². The lowest BCUT2D eigenvalue weighted by molar-refractivity contribution is -0.136. The molecule has 0 aliphatic carbocycles. The Labute approximate surface area is 130 Å². The summed E-state index contributed by atoms with van der Waals surface area (Å²) in [6.45, 7) is 2.01. The summed E-state index contributed by atoms with van der Waals surface area (Å²) in [5.74, 6) is -0.512. The Balaban J connectivity index is 2.77. The highest BCUT2D eigenvalue weighted by molar-refractivity contribution is 14.1. The van der Waals surface area contributed by atoms with E-state index in [0.717, 1.165) is 0 Å². The molecule has 1 aliphatic heterocycles. The first-order chi connectivity index (χ1) is 8.99. The molecule has 102 valence electrons. The second-order valence-electron chi connectivity index (χ2n) is 3.74. The third-order valence-corrected chi connectivity index (χ3v) is 7.85. The summed E-state index contributed by atoms with van der Waals surface area (Å²) in [6, 6.07) is 2.08. The molecular formula is C11H12INO4PS+. The third-order valence-electron chi connectivity index (χ3n) is 2.48. The molecule has 0 N–H and O–H groups in total. The normalized spacial score (nSPS) is 30.2. The van der Waals surface area contributed by atoms with E-state index in [9.17, 15) is 14.6 Å². The molecule has 1 fully saturated rings. The minimum absolute atomic E-state index is 0.0342. The van der Waals surface area contributed by atoms with Crippen LogP contribution in [0.25, 0.3) is 0 Å². The Morgan fingerprint density at radius 2 is 2.42 bits per heavy atom. The van der Waals surface area contributed by atoms with Crippen molar-refractivity contribution in [3.05, 3.63) is 0 Å². The maximum absolute atomic E-state index is 12.0. The molecule has 1 aliphatic rings. The van der Waals surface area contributed by atoms with Crippen LogP contribution in [0.1, 0.15) is 19.8 Å². The zero-order valence-electron chi connectivity index (χ0n) is 10.2. The number of hydrogen-bond donors (Lipinski definition) is 0. The molecule has 0 radical (unpaired) electrons. The third kappa shape index (κ3) is 4.06. The van der Waals surface area contributed by atoms with Crippen molar-refractivity contribution in [1.82, 2.24) is 0 Å². The summed E-state index contributed by atoms with van der Waals surface area (Å²) in [6.07, 6.45) is 7.22. The molecule has 0 spiro atoms. The minimum Gasteiger partial charge on any atom is -0.372 e. The van der Waals surface area contributed by atoms with Gasteiger partial charge >= 0.3 is 18.5 Å². The van der Waals surface area contributed by atoms with Crippen LogP contribution in [0.5, 0.6) is 0 Å². The van der Waals surface area contributed by atoms with Gasteiger partial charge in [0.05, 0.1) is 13.0 Å². The summed E-state index contributed by atoms with van der Waals surface area (Å²) in [4.78, 5) is 11.4. The van der Waals surface area contributed by atoms with E-state index in [4.69, 9.17) is 10.9 Å². The molecule has 5 nitrogen and oxygen atoms in total. The van der Waals surface area contributed by atoms with Crippen LogP contribution in [0.15, 0.2) is 0 Å². The van der Waals surface area contributed by atoms with Crippen LogP contribution < -0.4 is 0 Å². The Bertz CT molecular complexity index is 461. The first-order valence-corrected chi connectivity index (χ1v) is 8.78. The SMILES string of the molecule is C#COC(=O)C[C@@H]1S[C@@](C#N)([P+](=O)OCC)C[C@@H]1I. The fourth-order valence-electron chi connectivity index (χ4n) is 1.66. The van der Waals surface area contributed by atoms with Crippen molar-refractivity contribution in [2.24, 2.45) is 0 Å². The van der Waals surface area contributed by atoms with Gasteiger partial charge in [-0.2, -0.15) is 5.26 Å². The lowest BCUT2D eigenvalue weighted by atomic mass is 10.1. The Morgan fingerprint density at radius 1 is 1.74 bits per heavy atom. The van der Waals surface area contributed by atoms with E-state index in [-0.39, 0.29) is 22.2 Å². The smallest absolute Gasteiger partial charge is 0.372 e. The zero-order chi connectivity index (χ0) is 14.5. The molecule has 0 saturated carbocycles. The van der Waals surface area contributed by atoms with Gasteiger partial charge in [0, 0.05) is 15.6 Å². The average molecular weight is 412 g/mol. The van der Waals surface area contributed by atoms with E-state index in [2.05, 4.69) is 33.4 Å². The van der Waals surface area contributed by atoms with Gasteiger partial charge in [-0.05, 0) is 11.5 Å². The minimum atomic E-state index is -2.10. The van der Waals surface area contributed by atoms with E-state index >= 15 is 0 Å². The predicted molar refractivity (Wildman–Crippen MR) is 80.9 cm³/mol. The fraction of sp³-hybridized carbons (Fsp3) is 0.636. The van der Waals surface area contributed by atoms with Crippen LogP contribution >= 0.6 is 42.4 Å². The highest BCUT2D eigenvalue weighted by Gasteiger charge is 2.61. The number of esters is 1. The second kappa shape index (κ2) is 7.44. The lowest BCUT2D eigenvalue weighted by Crippen LogP contribution is -2.16. The van der Waals surface area contributed by atoms with Crippen LogP contribution in [0.4, 0.5) is 0 Å². The average Bonchev–Trinajstić information content (AvgIpc) is 2.68. The van der Waals surface area contributed by atoms with Crippen LogP contribution in [0.2, 0.25) is 0 Å². The number of halogens is 1. The molecule has 1 unspecified atom stereocenters. The van der Waals surface area contributed by atoms with Crippen LogP contribution in [-0.2, 0) is 18.6 Å². The molecule has 0 amide bonds. The van der Waals surface area contributed by atoms with Crippen molar-refractivity contribution < 1.29 is 18.6 Å². The molecule has 1 rings (SSSR count). The number of carbonyl (C=O) groups excluding carboxylic acids is 1. The molecule has 0 aromatic rings. The van der Waals surface area contributed by atoms with Gasteiger partial charge in [0.1, 0.15) is 12.2 Å². The Kier molecular flexibility index (Phi) is 6.55. The van der Waals surface area contributed by atoms with Gasteiger partial charge in [-0.3, -0.25) is 4.79 Å². The Morgan fingerprint density at radius 3 is 2.95 bits per heavy atom. The van der Waals surface area contributed by atoms with E-state index in [1.165, 1.54) is 11.8 Å². The molecule has 1 heterocycles. The van der Waals surface area contributed by atoms with Crippen molar-refractivity contribution in [1.29, 1.82) is 5.26 Å². The van der Waals surface area contributed by atoms with Gasteiger partial charge in [0.2, 0.25) is 0 Å². The van der Waals surface area contributed by atoms with Crippen LogP contribution in [-0.4, -0.2) is 26.2 Å². The van der Waals surface area contributed by atoms with Gasteiger partial charge in [0.25, 0.3) is 0 Å². The van der Waals surface area contributed by atoms with Crippen molar-refractivity contribution in [2.75, 3.05) is 6.61 Å². The number of rotatable bonds is 5. The van der Waals surface area contributed by atoms with Crippen LogP contribution in [0.3, 0.4) is 0 Å². The number of carbonyl (C=O) groups is 1. The Hall–Kier alpha value is -0.340. The highest BCUT2D eigenvalue weighted by atomic mass is 127. The van der Waals surface area contributed by atoms with E-state index in [0.29, 0.717) is 6.42 Å². The summed E-state index contributed by atoms with van der Waals surface area (Å²) in [5.41, 5.74) is 0. The molecule has 0 aromatic heterocycles. The quantitative estimate of drug-likeness (QED) is 0.227. The van der Waals surface area contributed by atoms with Gasteiger partial charge in [-0.1, -0.05) is 40.8 Å². The number of nitriles is 1. The first kappa shape index (κ1) is 16.7. The standard InChI is InChI=1S/C11H12INO4PS/c1-3-16-10(14)5-9-8(12)6-11(7-13,19-9)18(15)17-4-2/h1,8-9H,4-6H2,2H3/q+1/t8-,9-,11-/m0/s1. The van der Waals surface area contributed by atoms with Crippen LogP contribution in [0, 0.1) is 23.9 Å². The summed E-state index contributed by atoms with van der Waals surface area (Å²) in [5, 5.41) is 9.15. The van der Waals surface area contributed by atoms with Crippen molar-refractivity contribution >= 4 is 48.3 Å². The molecular weight excluding hydrogens is 400 g/mol. The van der Waals surface area contributed by atoms with Gasteiger partial charge in [-0.15, -0.1) is 4.52 Å². The van der Waals surface area contributed by atoms with Gasteiger partial charge < -0.3 is 4.74 Å². The largest absolute Gasteiger partial charge is 0.541 e. The molecule has 8 heteroatoms. The highest BCUT2D eigenvalue weighted by Crippen LogP contribution is 2.60. The van der Waals surface area contributed by atoms with E-state index in [1.54, 1.807) is 6.92 Å². The van der Waals surface area contributed by atoms with Crippen molar-refractivity contribution in [3.8, 4) is 18.6 Å². The number of hydrogen-bond acceptors (Lipinski definition) is 6. The summed E-state index contributed by atoms with van der Waals surface area (Å²) in [7, 11) is -2.10. The molecule has 1 saturated heterocycles. The van der Waals surface area contributed by atoms with E-state index < -0.39 is 18.5 Å². The van der Waals surface area contributed by atoms with E-state index in [1.807, 2.05) is 6.11 Å². The molecule has 19 heavy (non-hydrogen) atoms.